The summed E-state index contributed by atoms with van der Waals surface area (Å²) in [4.78, 5) is 23.2. The van der Waals surface area contributed by atoms with Gasteiger partial charge in [0.25, 0.3) is 0 Å². The average molecular weight is 216 g/mol. The van der Waals surface area contributed by atoms with Crippen LogP contribution in [0.4, 0.5) is 0 Å². The van der Waals surface area contributed by atoms with Gasteiger partial charge >= 0.3 is 0 Å². The van der Waals surface area contributed by atoms with Crippen LogP contribution >= 0.6 is 0 Å². The molecule has 2 nitrogen and oxygen atoms in total. The Labute approximate surface area is 95.7 Å². The Kier molecular flexibility index (Phi) is 3.18. The number of benzene rings is 1. The second kappa shape index (κ2) is 4.60. The van der Waals surface area contributed by atoms with Gasteiger partial charge in [0.1, 0.15) is 5.78 Å². The summed E-state index contributed by atoms with van der Waals surface area (Å²) >= 11 is 0. The second-order valence-electron chi connectivity index (χ2n) is 4.54. The first-order valence-corrected chi connectivity index (χ1v) is 5.79. The number of ketones is 2. The van der Waals surface area contributed by atoms with Gasteiger partial charge in [0.2, 0.25) is 0 Å². The molecule has 2 rings (SSSR count). The predicted molar refractivity (Wildman–Crippen MR) is 62.5 cm³/mol. The Hall–Kier alpha value is -1.44. The molecule has 16 heavy (non-hydrogen) atoms. The third-order valence-electron chi connectivity index (χ3n) is 3.25. The number of hydrogen-bond donors (Lipinski definition) is 0. The fourth-order valence-corrected chi connectivity index (χ4v) is 2.16. The van der Waals surface area contributed by atoms with Crippen LogP contribution < -0.4 is 0 Å². The molecule has 0 aliphatic heterocycles. The van der Waals surface area contributed by atoms with Crippen molar-refractivity contribution in [2.24, 2.45) is 5.92 Å². The number of hydrogen-bond acceptors (Lipinski definition) is 2. The van der Waals surface area contributed by atoms with E-state index in [-0.39, 0.29) is 11.7 Å². The first-order valence-electron chi connectivity index (χ1n) is 5.79. The number of aryl methyl sites for hydroxylation is 1. The molecule has 1 aromatic carbocycles. The lowest BCUT2D eigenvalue weighted by Crippen LogP contribution is -2.21. The lowest BCUT2D eigenvalue weighted by molar-refractivity contribution is -0.120. The van der Waals surface area contributed by atoms with Gasteiger partial charge in [0.05, 0.1) is 0 Å². The molecule has 0 aromatic heterocycles. The molecular weight excluding hydrogens is 200 g/mol. The summed E-state index contributed by atoms with van der Waals surface area (Å²) in [7, 11) is 0. The minimum Gasteiger partial charge on any atom is -0.300 e. The van der Waals surface area contributed by atoms with Crippen molar-refractivity contribution in [1.82, 2.24) is 0 Å². The predicted octanol–water partition coefficient (Wildman–Crippen LogP) is 2.94. The van der Waals surface area contributed by atoms with Crippen LogP contribution in [0.1, 0.15) is 41.6 Å². The maximum Gasteiger partial charge on any atom is 0.165 e. The van der Waals surface area contributed by atoms with Gasteiger partial charge < -0.3 is 0 Å². The van der Waals surface area contributed by atoms with Crippen molar-refractivity contribution >= 4 is 11.6 Å². The van der Waals surface area contributed by atoms with E-state index in [0.717, 1.165) is 24.0 Å². The molecule has 0 bridgehead atoms. The molecule has 0 heterocycles. The zero-order chi connectivity index (χ0) is 11.5. The molecule has 0 radical (unpaired) electrons. The topological polar surface area (TPSA) is 34.1 Å². The molecule has 0 saturated heterocycles. The molecule has 0 N–H and O–H groups in total. The number of carbonyl (C=O) groups is 2. The summed E-state index contributed by atoms with van der Waals surface area (Å²) in [6, 6.07) is 7.69. The minimum atomic E-state index is 0.0559. The van der Waals surface area contributed by atoms with E-state index in [9.17, 15) is 9.59 Å². The molecule has 2 heteroatoms. The monoisotopic (exact) mass is 216 g/mol. The molecular formula is C14H16O2. The van der Waals surface area contributed by atoms with Crippen LogP contribution in [0.5, 0.6) is 0 Å². The smallest absolute Gasteiger partial charge is 0.165 e. The first-order chi connectivity index (χ1) is 7.66. The summed E-state index contributed by atoms with van der Waals surface area (Å²) in [5.41, 5.74) is 1.94. The molecule has 0 spiro atoms. The van der Waals surface area contributed by atoms with Gasteiger partial charge in [0.15, 0.2) is 5.78 Å². The maximum atomic E-state index is 12.1. The van der Waals surface area contributed by atoms with Gasteiger partial charge in [-0.15, -0.1) is 0 Å². The zero-order valence-electron chi connectivity index (χ0n) is 9.53. The third kappa shape index (κ3) is 2.38. The lowest BCUT2D eigenvalue weighted by atomic mass is 9.83. The summed E-state index contributed by atoms with van der Waals surface area (Å²) in [5.74, 6) is 0.556. The van der Waals surface area contributed by atoms with Crippen LogP contribution in [0, 0.1) is 12.8 Å². The fraction of sp³-hybridized carbons (Fsp3) is 0.429. The quantitative estimate of drug-likeness (QED) is 0.712. The molecule has 1 saturated carbocycles. The Morgan fingerprint density at radius 1 is 1.12 bits per heavy atom. The van der Waals surface area contributed by atoms with Gasteiger partial charge in [-0.2, -0.15) is 0 Å². The standard InChI is InChI=1S/C14H16O2/c1-10-2-4-11(5-3-10)14(16)12-6-8-13(15)9-7-12/h2-5,12H,6-9H2,1H3. The fourth-order valence-electron chi connectivity index (χ4n) is 2.16. The molecule has 1 aromatic rings. The van der Waals surface area contributed by atoms with Crippen molar-refractivity contribution in [3.05, 3.63) is 35.4 Å². The minimum absolute atomic E-state index is 0.0559. The molecule has 1 fully saturated rings. The average Bonchev–Trinajstić information content (AvgIpc) is 2.30. The van der Waals surface area contributed by atoms with Gasteiger partial charge in [-0.3, -0.25) is 9.59 Å². The van der Waals surface area contributed by atoms with Gasteiger partial charge in [-0.1, -0.05) is 29.8 Å². The van der Waals surface area contributed by atoms with E-state index in [0.29, 0.717) is 18.6 Å². The Morgan fingerprint density at radius 3 is 2.25 bits per heavy atom. The number of Topliss-reactive ketones (excluding diaryl/α,β-unsaturated/α-hetero) is 2. The zero-order valence-corrected chi connectivity index (χ0v) is 9.53. The first kappa shape index (κ1) is 11.1. The molecule has 1 aliphatic carbocycles. The summed E-state index contributed by atoms with van der Waals surface area (Å²) < 4.78 is 0. The molecule has 0 atom stereocenters. The van der Waals surface area contributed by atoms with E-state index in [1.54, 1.807) is 0 Å². The van der Waals surface area contributed by atoms with Crippen LogP contribution in [0.25, 0.3) is 0 Å². The summed E-state index contributed by atoms with van der Waals surface area (Å²) in [5, 5.41) is 0. The van der Waals surface area contributed by atoms with Crippen molar-refractivity contribution in [1.29, 1.82) is 0 Å². The third-order valence-corrected chi connectivity index (χ3v) is 3.25. The van der Waals surface area contributed by atoms with E-state index < -0.39 is 0 Å². The SMILES string of the molecule is Cc1ccc(C(=O)C2CCC(=O)CC2)cc1. The molecule has 1 aliphatic rings. The van der Waals surface area contributed by atoms with E-state index >= 15 is 0 Å². The van der Waals surface area contributed by atoms with Gasteiger partial charge in [-0.25, -0.2) is 0 Å². The van der Waals surface area contributed by atoms with E-state index in [1.165, 1.54) is 0 Å². The lowest BCUT2D eigenvalue weighted by Gasteiger charge is -2.19. The Balaban J connectivity index is 2.07. The van der Waals surface area contributed by atoms with Crippen molar-refractivity contribution < 1.29 is 9.59 Å². The molecule has 0 unspecified atom stereocenters. The van der Waals surface area contributed by atoms with Crippen molar-refractivity contribution in [2.45, 2.75) is 32.6 Å². The van der Waals surface area contributed by atoms with Crippen LogP contribution in [-0.2, 0) is 4.79 Å². The highest BCUT2D eigenvalue weighted by Crippen LogP contribution is 2.25. The number of carbonyl (C=O) groups excluding carboxylic acids is 2. The van der Waals surface area contributed by atoms with E-state index in [1.807, 2.05) is 31.2 Å². The Bertz CT molecular complexity index is 393. The maximum absolute atomic E-state index is 12.1. The highest BCUT2D eigenvalue weighted by Gasteiger charge is 2.25. The van der Waals surface area contributed by atoms with Crippen LogP contribution in [0.2, 0.25) is 0 Å². The van der Waals surface area contributed by atoms with Crippen molar-refractivity contribution in [2.75, 3.05) is 0 Å². The highest BCUT2D eigenvalue weighted by molar-refractivity contribution is 5.98. The van der Waals surface area contributed by atoms with Crippen LogP contribution in [0.3, 0.4) is 0 Å². The van der Waals surface area contributed by atoms with Crippen LogP contribution in [-0.4, -0.2) is 11.6 Å². The molecule has 0 amide bonds. The summed E-state index contributed by atoms with van der Waals surface area (Å²) in [6.45, 7) is 2.01. The van der Waals surface area contributed by atoms with Gasteiger partial charge in [0, 0.05) is 24.3 Å². The van der Waals surface area contributed by atoms with E-state index in [4.69, 9.17) is 0 Å². The second-order valence-corrected chi connectivity index (χ2v) is 4.54. The van der Waals surface area contributed by atoms with Crippen molar-refractivity contribution in [3.63, 3.8) is 0 Å². The highest BCUT2D eigenvalue weighted by atomic mass is 16.1. The normalized spacial score (nSPS) is 17.4. The van der Waals surface area contributed by atoms with E-state index in [2.05, 4.69) is 0 Å². The van der Waals surface area contributed by atoms with Gasteiger partial charge in [-0.05, 0) is 19.8 Å². The van der Waals surface area contributed by atoms with Crippen LogP contribution in [0.15, 0.2) is 24.3 Å². The molecule has 84 valence electrons. The number of rotatable bonds is 2. The summed E-state index contributed by atoms with van der Waals surface area (Å²) in [6.07, 6.45) is 2.60. The Morgan fingerprint density at radius 2 is 1.69 bits per heavy atom. The van der Waals surface area contributed by atoms with Crippen molar-refractivity contribution in [3.8, 4) is 0 Å². The largest absolute Gasteiger partial charge is 0.300 e.